The summed E-state index contributed by atoms with van der Waals surface area (Å²) >= 11 is 0. The van der Waals surface area contributed by atoms with Crippen molar-refractivity contribution >= 4 is 15.8 Å². The summed E-state index contributed by atoms with van der Waals surface area (Å²) in [6.45, 7) is 2.98. The number of sulfone groups is 1. The van der Waals surface area contributed by atoms with Gasteiger partial charge in [-0.3, -0.25) is 4.79 Å². The Labute approximate surface area is 206 Å². The standard InChI is InChI=1S/C26H32O8S/c1-35(29,30)14-2-12-33-22-7-3-20(4-8-22)25(16-31-17-25)11-13-34-23-9-5-21(6-10-23)26(15-24(27)28)18-32-19-26/h3-10H,2,11-19H2,1H3,(H,27,28). The molecule has 0 aliphatic carbocycles. The Balaban J connectivity index is 1.28. The molecule has 0 radical (unpaired) electrons. The minimum Gasteiger partial charge on any atom is -0.494 e. The highest BCUT2D eigenvalue weighted by atomic mass is 32.2. The van der Waals surface area contributed by atoms with E-state index in [1.807, 2.05) is 48.5 Å². The zero-order valence-electron chi connectivity index (χ0n) is 19.9. The number of hydrogen-bond acceptors (Lipinski definition) is 7. The van der Waals surface area contributed by atoms with Crippen molar-refractivity contribution in [2.24, 2.45) is 0 Å². The zero-order valence-corrected chi connectivity index (χ0v) is 20.7. The lowest BCUT2D eigenvalue weighted by Gasteiger charge is -2.42. The van der Waals surface area contributed by atoms with Crippen LogP contribution in [0.2, 0.25) is 0 Å². The molecule has 2 fully saturated rings. The second-order valence-electron chi connectivity index (χ2n) is 9.60. The monoisotopic (exact) mass is 504 g/mol. The van der Waals surface area contributed by atoms with Gasteiger partial charge in [-0.2, -0.15) is 0 Å². The third-order valence-corrected chi connectivity index (χ3v) is 7.74. The molecular weight excluding hydrogens is 472 g/mol. The molecule has 2 saturated heterocycles. The van der Waals surface area contributed by atoms with Crippen LogP contribution in [0.3, 0.4) is 0 Å². The van der Waals surface area contributed by atoms with E-state index in [2.05, 4.69) is 0 Å². The maximum atomic E-state index is 11.2. The van der Waals surface area contributed by atoms with Crippen molar-refractivity contribution in [2.45, 2.75) is 30.1 Å². The SMILES string of the molecule is CS(=O)(=O)CCCOc1ccc(C2(CCOc3ccc(C4(CC(=O)O)COC4)cc3)COC2)cc1. The predicted molar refractivity (Wildman–Crippen MR) is 130 cm³/mol. The van der Waals surface area contributed by atoms with Gasteiger partial charge in [0.05, 0.1) is 57.2 Å². The maximum Gasteiger partial charge on any atom is 0.304 e. The van der Waals surface area contributed by atoms with Crippen molar-refractivity contribution < 1.29 is 37.3 Å². The first-order chi connectivity index (χ1) is 16.7. The van der Waals surface area contributed by atoms with E-state index in [1.165, 1.54) is 6.26 Å². The Morgan fingerprint density at radius 1 is 0.857 bits per heavy atom. The molecule has 2 aromatic rings. The molecule has 2 heterocycles. The Hall–Kier alpha value is -2.62. The van der Waals surface area contributed by atoms with E-state index in [0.717, 1.165) is 23.3 Å². The smallest absolute Gasteiger partial charge is 0.304 e. The molecule has 2 aliphatic heterocycles. The van der Waals surface area contributed by atoms with E-state index in [-0.39, 0.29) is 17.6 Å². The van der Waals surface area contributed by atoms with Gasteiger partial charge in [-0.1, -0.05) is 24.3 Å². The highest BCUT2D eigenvalue weighted by Gasteiger charge is 2.42. The van der Waals surface area contributed by atoms with E-state index < -0.39 is 21.2 Å². The average molecular weight is 505 g/mol. The van der Waals surface area contributed by atoms with E-state index >= 15 is 0 Å². The predicted octanol–water partition coefficient (Wildman–Crippen LogP) is 2.98. The van der Waals surface area contributed by atoms with E-state index in [0.29, 0.717) is 51.8 Å². The van der Waals surface area contributed by atoms with Gasteiger partial charge in [-0.25, -0.2) is 8.42 Å². The largest absolute Gasteiger partial charge is 0.494 e. The molecule has 4 rings (SSSR count). The Kier molecular flexibility index (Phi) is 7.68. The topological polar surface area (TPSA) is 108 Å². The molecule has 1 N–H and O–H groups in total. The van der Waals surface area contributed by atoms with Crippen molar-refractivity contribution in [1.29, 1.82) is 0 Å². The number of aliphatic carboxylic acids is 1. The van der Waals surface area contributed by atoms with Crippen LogP contribution in [0.15, 0.2) is 48.5 Å². The van der Waals surface area contributed by atoms with Crippen molar-refractivity contribution in [2.75, 3.05) is 51.6 Å². The lowest BCUT2D eigenvalue weighted by Crippen LogP contribution is -2.48. The summed E-state index contributed by atoms with van der Waals surface area (Å²) in [6.07, 6.45) is 2.54. The summed E-state index contributed by atoms with van der Waals surface area (Å²) in [6, 6.07) is 15.5. The van der Waals surface area contributed by atoms with E-state index in [4.69, 9.17) is 18.9 Å². The lowest BCUT2D eigenvalue weighted by molar-refractivity contribution is -0.145. The molecular formula is C26H32O8S. The van der Waals surface area contributed by atoms with Crippen LogP contribution in [-0.4, -0.2) is 71.1 Å². The minimum atomic E-state index is -2.97. The summed E-state index contributed by atoms with van der Waals surface area (Å²) < 4.78 is 44.9. The normalized spacial score (nSPS) is 18.2. The number of carbonyl (C=O) groups is 1. The molecule has 0 spiro atoms. The molecule has 0 amide bonds. The molecule has 0 bridgehead atoms. The van der Waals surface area contributed by atoms with Gasteiger partial charge < -0.3 is 24.1 Å². The molecule has 9 heteroatoms. The highest BCUT2D eigenvalue weighted by Crippen LogP contribution is 2.38. The quantitative estimate of drug-likeness (QED) is 0.415. The molecule has 0 saturated carbocycles. The van der Waals surface area contributed by atoms with Gasteiger partial charge in [0.25, 0.3) is 0 Å². The van der Waals surface area contributed by atoms with Gasteiger partial charge in [-0.15, -0.1) is 0 Å². The van der Waals surface area contributed by atoms with Crippen molar-refractivity contribution in [3.63, 3.8) is 0 Å². The van der Waals surface area contributed by atoms with Crippen LogP contribution in [0.1, 0.15) is 30.4 Å². The number of hydrogen-bond donors (Lipinski definition) is 1. The Morgan fingerprint density at radius 3 is 1.77 bits per heavy atom. The zero-order chi connectivity index (χ0) is 24.9. The van der Waals surface area contributed by atoms with Gasteiger partial charge in [0, 0.05) is 11.7 Å². The molecule has 35 heavy (non-hydrogen) atoms. The maximum absolute atomic E-state index is 11.2. The third-order valence-electron chi connectivity index (χ3n) is 6.71. The van der Waals surface area contributed by atoms with Crippen LogP contribution in [-0.2, 0) is 34.9 Å². The molecule has 0 unspecified atom stereocenters. The van der Waals surface area contributed by atoms with Crippen molar-refractivity contribution in [3.8, 4) is 11.5 Å². The first-order valence-corrected chi connectivity index (χ1v) is 13.8. The fourth-order valence-electron chi connectivity index (χ4n) is 4.50. The molecule has 190 valence electrons. The number of rotatable bonds is 13. The van der Waals surface area contributed by atoms with Crippen molar-refractivity contribution in [1.82, 2.24) is 0 Å². The summed E-state index contributed by atoms with van der Waals surface area (Å²) in [5, 5.41) is 9.22. The fourth-order valence-corrected chi connectivity index (χ4v) is 5.14. The fraction of sp³-hybridized carbons (Fsp3) is 0.500. The Bertz CT molecular complexity index is 1100. The van der Waals surface area contributed by atoms with Gasteiger partial charge in [0.2, 0.25) is 0 Å². The van der Waals surface area contributed by atoms with Gasteiger partial charge >= 0.3 is 5.97 Å². The first kappa shape index (κ1) is 25.5. The number of carboxylic acids is 1. The molecule has 2 aromatic carbocycles. The number of ether oxygens (including phenoxy) is 4. The van der Waals surface area contributed by atoms with E-state index in [1.54, 1.807) is 0 Å². The number of benzene rings is 2. The second kappa shape index (κ2) is 10.6. The van der Waals surface area contributed by atoms with Gasteiger partial charge in [0.1, 0.15) is 21.3 Å². The third kappa shape index (κ3) is 6.34. The lowest BCUT2D eigenvalue weighted by atomic mass is 9.76. The van der Waals surface area contributed by atoms with Crippen LogP contribution in [0.4, 0.5) is 0 Å². The van der Waals surface area contributed by atoms with Crippen LogP contribution < -0.4 is 9.47 Å². The molecule has 0 aromatic heterocycles. The van der Waals surface area contributed by atoms with Gasteiger partial charge in [0.15, 0.2) is 0 Å². The van der Waals surface area contributed by atoms with Gasteiger partial charge in [-0.05, 0) is 48.2 Å². The minimum absolute atomic E-state index is 0.0558. The molecule has 8 nitrogen and oxygen atoms in total. The summed E-state index contributed by atoms with van der Waals surface area (Å²) in [4.78, 5) is 11.2. The van der Waals surface area contributed by atoms with Crippen LogP contribution in [0.25, 0.3) is 0 Å². The average Bonchev–Trinajstić information content (AvgIpc) is 2.76. The van der Waals surface area contributed by atoms with E-state index in [9.17, 15) is 18.3 Å². The Morgan fingerprint density at radius 2 is 1.34 bits per heavy atom. The summed E-state index contributed by atoms with van der Waals surface area (Å²) in [5.74, 6) is 0.749. The molecule has 0 atom stereocenters. The second-order valence-corrected chi connectivity index (χ2v) is 11.9. The summed E-state index contributed by atoms with van der Waals surface area (Å²) in [5.41, 5.74) is 1.57. The number of carboxylic acid groups (broad SMARTS) is 1. The van der Waals surface area contributed by atoms with Crippen LogP contribution in [0.5, 0.6) is 11.5 Å². The molecule has 2 aliphatic rings. The highest BCUT2D eigenvalue weighted by molar-refractivity contribution is 7.90. The van der Waals surface area contributed by atoms with Crippen molar-refractivity contribution in [3.05, 3.63) is 59.7 Å². The van der Waals surface area contributed by atoms with Crippen LogP contribution >= 0.6 is 0 Å². The summed E-state index contributed by atoms with van der Waals surface area (Å²) in [7, 11) is -2.97. The first-order valence-electron chi connectivity index (χ1n) is 11.7. The van der Waals surface area contributed by atoms with Crippen LogP contribution in [0, 0.1) is 0 Å².